The number of H-pyrrole nitrogens is 1. The van der Waals surface area contributed by atoms with Gasteiger partial charge in [0.15, 0.2) is 11.2 Å². The fourth-order valence-electron chi connectivity index (χ4n) is 3.39. The Kier molecular flexibility index (Phi) is 5.34. The van der Waals surface area contributed by atoms with Gasteiger partial charge in [0.1, 0.15) is 18.2 Å². The van der Waals surface area contributed by atoms with E-state index in [0.29, 0.717) is 18.9 Å². The fourth-order valence-corrected chi connectivity index (χ4v) is 3.39. The van der Waals surface area contributed by atoms with Crippen LogP contribution in [-0.4, -0.2) is 40.4 Å². The lowest BCUT2D eigenvalue weighted by Crippen LogP contribution is -2.16. The Morgan fingerprint density at radius 3 is 2.53 bits per heavy atom. The molecule has 3 aromatic heterocycles. The molecule has 0 bridgehead atoms. The van der Waals surface area contributed by atoms with Gasteiger partial charge in [0.2, 0.25) is 5.95 Å². The molecule has 170 valence electrons. The number of fused-ring (bicyclic) bond motifs is 1. The zero-order valence-electron chi connectivity index (χ0n) is 17.6. The van der Waals surface area contributed by atoms with E-state index in [4.69, 9.17) is 9.84 Å². The van der Waals surface area contributed by atoms with Gasteiger partial charge in [-0.2, -0.15) is 10.1 Å². The van der Waals surface area contributed by atoms with Gasteiger partial charge in [-0.25, -0.2) is 18.9 Å². The number of carbonyl (C=O) groups is 1. The summed E-state index contributed by atoms with van der Waals surface area (Å²) in [5, 5.41) is 13.0. The molecule has 0 amide bonds. The van der Waals surface area contributed by atoms with Crippen LogP contribution in [0.1, 0.15) is 21.5 Å². The predicted molar refractivity (Wildman–Crippen MR) is 119 cm³/mol. The number of carboxylic acids is 1. The minimum atomic E-state index is -1.13. The fraction of sp³-hybridized carbons (Fsp3) is 0.0870. The number of hydrogen-bond donors (Lipinski definition) is 2. The van der Waals surface area contributed by atoms with Crippen molar-refractivity contribution in [2.45, 2.75) is 13.2 Å². The SMILES string of the molecule is O=C(O)c1cnn(-c2nc3ncn(Cc4ccc(OCc5ccc(F)cc5)cc4)c3c(=O)[nH]2)c1. The van der Waals surface area contributed by atoms with Crippen molar-refractivity contribution >= 4 is 17.1 Å². The van der Waals surface area contributed by atoms with Crippen LogP contribution in [0.3, 0.4) is 0 Å². The molecule has 34 heavy (non-hydrogen) atoms. The first-order valence-corrected chi connectivity index (χ1v) is 10.2. The summed E-state index contributed by atoms with van der Waals surface area (Å²) in [5.41, 5.74) is 1.81. The minimum Gasteiger partial charge on any atom is -0.489 e. The summed E-state index contributed by atoms with van der Waals surface area (Å²) in [7, 11) is 0. The molecule has 0 radical (unpaired) electrons. The molecule has 3 heterocycles. The van der Waals surface area contributed by atoms with Crippen molar-refractivity contribution in [1.29, 1.82) is 0 Å². The molecule has 11 heteroatoms. The van der Waals surface area contributed by atoms with Crippen molar-refractivity contribution in [2.24, 2.45) is 0 Å². The van der Waals surface area contributed by atoms with E-state index in [-0.39, 0.29) is 28.5 Å². The second-order valence-electron chi connectivity index (χ2n) is 7.47. The summed E-state index contributed by atoms with van der Waals surface area (Å²) >= 11 is 0. The normalized spacial score (nSPS) is 11.1. The minimum absolute atomic E-state index is 0.0293. The maximum atomic E-state index is 13.0. The summed E-state index contributed by atoms with van der Waals surface area (Å²) in [6, 6.07) is 13.5. The number of nitrogens with zero attached hydrogens (tertiary/aromatic N) is 5. The molecule has 5 rings (SSSR count). The van der Waals surface area contributed by atoms with Gasteiger partial charge < -0.3 is 14.4 Å². The smallest absolute Gasteiger partial charge is 0.338 e. The zero-order valence-corrected chi connectivity index (χ0v) is 17.6. The number of aromatic nitrogens is 6. The molecule has 5 aromatic rings. The lowest BCUT2D eigenvalue weighted by molar-refractivity contribution is 0.0697. The molecule has 10 nitrogen and oxygen atoms in total. The van der Waals surface area contributed by atoms with E-state index >= 15 is 0 Å². The number of hydrogen-bond acceptors (Lipinski definition) is 6. The highest BCUT2D eigenvalue weighted by Gasteiger charge is 2.14. The summed E-state index contributed by atoms with van der Waals surface area (Å²) in [6.07, 6.45) is 3.93. The van der Waals surface area contributed by atoms with Crippen molar-refractivity contribution in [2.75, 3.05) is 0 Å². The van der Waals surface area contributed by atoms with Crippen LogP contribution in [0.5, 0.6) is 5.75 Å². The Hall–Kier alpha value is -4.80. The Morgan fingerprint density at radius 2 is 1.82 bits per heavy atom. The predicted octanol–water partition coefficient (Wildman–Crippen LogP) is 2.77. The molecule has 0 aliphatic rings. The summed E-state index contributed by atoms with van der Waals surface area (Å²) in [4.78, 5) is 34.9. The quantitative estimate of drug-likeness (QED) is 0.382. The largest absolute Gasteiger partial charge is 0.489 e. The topological polar surface area (TPSA) is 128 Å². The maximum Gasteiger partial charge on any atom is 0.338 e. The summed E-state index contributed by atoms with van der Waals surface area (Å²) in [6.45, 7) is 0.698. The first kappa shape index (κ1) is 21.1. The molecule has 0 spiro atoms. The number of nitrogens with one attached hydrogen (secondary N) is 1. The van der Waals surface area contributed by atoms with Crippen molar-refractivity contribution in [1.82, 2.24) is 29.3 Å². The van der Waals surface area contributed by atoms with E-state index < -0.39 is 11.5 Å². The lowest BCUT2D eigenvalue weighted by atomic mass is 10.2. The highest BCUT2D eigenvalue weighted by Crippen LogP contribution is 2.17. The van der Waals surface area contributed by atoms with E-state index in [2.05, 4.69) is 20.1 Å². The van der Waals surface area contributed by atoms with Gasteiger partial charge in [-0.15, -0.1) is 0 Å². The van der Waals surface area contributed by atoms with Crippen LogP contribution in [0.4, 0.5) is 4.39 Å². The van der Waals surface area contributed by atoms with Crippen molar-refractivity contribution in [3.8, 4) is 11.7 Å². The van der Waals surface area contributed by atoms with Crippen LogP contribution in [-0.2, 0) is 13.2 Å². The average Bonchev–Trinajstić information content (AvgIpc) is 3.48. The van der Waals surface area contributed by atoms with E-state index in [1.54, 1.807) is 16.7 Å². The zero-order chi connectivity index (χ0) is 23.7. The van der Waals surface area contributed by atoms with Crippen LogP contribution in [0.15, 0.2) is 72.0 Å². The van der Waals surface area contributed by atoms with E-state index in [9.17, 15) is 14.0 Å². The van der Waals surface area contributed by atoms with Crippen molar-refractivity contribution in [3.63, 3.8) is 0 Å². The third kappa shape index (κ3) is 4.26. The first-order chi connectivity index (χ1) is 16.5. The molecule has 0 unspecified atom stereocenters. The van der Waals surface area contributed by atoms with Crippen LogP contribution in [0.2, 0.25) is 0 Å². The van der Waals surface area contributed by atoms with E-state index in [0.717, 1.165) is 17.3 Å². The number of aromatic amines is 1. The number of halogens is 1. The molecule has 0 saturated heterocycles. The molecule has 0 saturated carbocycles. The van der Waals surface area contributed by atoms with Crippen LogP contribution >= 0.6 is 0 Å². The number of benzene rings is 2. The van der Waals surface area contributed by atoms with Crippen molar-refractivity contribution < 1.29 is 19.0 Å². The second-order valence-corrected chi connectivity index (χ2v) is 7.47. The van der Waals surface area contributed by atoms with Gasteiger partial charge in [0.05, 0.1) is 18.1 Å². The Morgan fingerprint density at radius 1 is 1.09 bits per heavy atom. The van der Waals surface area contributed by atoms with Crippen molar-refractivity contribution in [3.05, 3.63) is 100 Å². The molecule has 2 aromatic carbocycles. The third-order valence-electron chi connectivity index (χ3n) is 5.11. The van der Waals surface area contributed by atoms with Gasteiger partial charge >= 0.3 is 5.97 Å². The van der Waals surface area contributed by atoms with Gasteiger partial charge in [0.25, 0.3) is 5.56 Å². The summed E-state index contributed by atoms with van der Waals surface area (Å²) in [5.74, 6) is -0.699. The van der Waals surface area contributed by atoms with Crippen LogP contribution in [0, 0.1) is 5.82 Å². The van der Waals surface area contributed by atoms with Gasteiger partial charge in [-0.3, -0.25) is 9.78 Å². The average molecular weight is 460 g/mol. The molecular formula is C23H17FN6O4. The molecule has 0 aliphatic carbocycles. The van der Waals surface area contributed by atoms with Gasteiger partial charge in [-0.05, 0) is 35.4 Å². The number of imidazole rings is 1. The monoisotopic (exact) mass is 460 g/mol. The summed E-state index contributed by atoms with van der Waals surface area (Å²) < 4.78 is 21.6. The van der Waals surface area contributed by atoms with Gasteiger partial charge in [0, 0.05) is 12.7 Å². The maximum absolute atomic E-state index is 13.0. The van der Waals surface area contributed by atoms with Crippen LogP contribution < -0.4 is 10.3 Å². The van der Waals surface area contributed by atoms with Gasteiger partial charge in [-0.1, -0.05) is 24.3 Å². The number of carboxylic acid groups (broad SMARTS) is 1. The van der Waals surface area contributed by atoms with Crippen LogP contribution in [0.25, 0.3) is 17.1 Å². The Balaban J connectivity index is 1.32. The van der Waals surface area contributed by atoms with E-state index in [1.807, 2.05) is 24.3 Å². The Labute approximate surface area is 190 Å². The number of rotatable bonds is 7. The first-order valence-electron chi connectivity index (χ1n) is 10.2. The number of aromatic carboxylic acids is 1. The molecule has 0 fully saturated rings. The highest BCUT2D eigenvalue weighted by molar-refractivity contribution is 5.86. The molecule has 0 atom stereocenters. The molecule has 0 aliphatic heterocycles. The standard InChI is InChI=1S/C23H17FN6O4/c24-17-5-1-15(2-6-17)12-34-18-7-3-14(4-8-18)10-29-13-25-20-19(29)21(31)28-23(27-20)30-11-16(9-26-30)22(32)33/h1-9,11,13H,10,12H2,(H,32,33)(H,27,28,31). The third-order valence-corrected chi connectivity index (χ3v) is 5.11. The molecular weight excluding hydrogens is 443 g/mol. The molecule has 2 N–H and O–H groups in total. The van der Waals surface area contributed by atoms with E-state index in [1.165, 1.54) is 29.3 Å². The second kappa shape index (κ2) is 8.62. The lowest BCUT2D eigenvalue weighted by Gasteiger charge is -2.08. The number of ether oxygens (including phenoxy) is 1. The highest BCUT2D eigenvalue weighted by atomic mass is 19.1. The Bertz CT molecular complexity index is 1540.